The Balaban J connectivity index is 2.97. The van der Waals surface area contributed by atoms with Gasteiger partial charge in [-0.05, 0) is 25.5 Å². The lowest BCUT2D eigenvalue weighted by Crippen LogP contribution is -2.36. The number of nitrogens with zero attached hydrogens (tertiary/aromatic N) is 1. The van der Waals surface area contributed by atoms with Gasteiger partial charge in [0.1, 0.15) is 5.75 Å². The van der Waals surface area contributed by atoms with Gasteiger partial charge in [-0.3, -0.25) is 4.79 Å². The van der Waals surface area contributed by atoms with Gasteiger partial charge in [-0.1, -0.05) is 25.0 Å². The molecule has 0 aromatic heterocycles. The van der Waals surface area contributed by atoms with E-state index in [1.807, 2.05) is 25.1 Å². The second kappa shape index (κ2) is 7.79. The van der Waals surface area contributed by atoms with Gasteiger partial charge in [-0.25, -0.2) is 0 Å². The molecule has 0 fully saturated rings. The highest BCUT2D eigenvalue weighted by molar-refractivity contribution is 5.97. The summed E-state index contributed by atoms with van der Waals surface area (Å²) in [4.78, 5) is 14.4. The van der Waals surface area contributed by atoms with Crippen LogP contribution in [0.1, 0.15) is 35.7 Å². The Hall–Kier alpha value is -1.55. The summed E-state index contributed by atoms with van der Waals surface area (Å²) in [5.41, 5.74) is 7.26. The number of carbonyl (C=O) groups is 1. The number of amides is 1. The number of hydrogen-bond donors (Lipinski definition) is 1. The molecule has 0 aliphatic carbocycles. The molecule has 2 N–H and O–H groups in total. The van der Waals surface area contributed by atoms with Crippen LogP contribution in [0, 0.1) is 6.92 Å². The molecule has 0 spiro atoms. The third-order valence-corrected chi connectivity index (χ3v) is 3.05. The van der Waals surface area contributed by atoms with Gasteiger partial charge < -0.3 is 15.4 Å². The van der Waals surface area contributed by atoms with E-state index in [4.69, 9.17) is 10.5 Å². The summed E-state index contributed by atoms with van der Waals surface area (Å²) in [7, 11) is 1.58. The number of nitrogens with two attached hydrogens (primary N) is 1. The maximum atomic E-state index is 12.6. The summed E-state index contributed by atoms with van der Waals surface area (Å²) >= 11 is 0. The summed E-state index contributed by atoms with van der Waals surface area (Å²) in [6.45, 7) is 5.87. The number of methoxy groups -OCH3 is 1. The largest absolute Gasteiger partial charge is 0.496 e. The summed E-state index contributed by atoms with van der Waals surface area (Å²) in [6.07, 6.45) is 2.04. The molecule has 0 bridgehead atoms. The molecule has 1 rings (SSSR count). The van der Waals surface area contributed by atoms with Gasteiger partial charge >= 0.3 is 0 Å². The first-order valence-corrected chi connectivity index (χ1v) is 6.78. The smallest absolute Gasteiger partial charge is 0.257 e. The number of unbranched alkanes of at least 4 members (excludes halogenated alkanes) is 1. The van der Waals surface area contributed by atoms with Crippen molar-refractivity contribution in [3.63, 3.8) is 0 Å². The van der Waals surface area contributed by atoms with Gasteiger partial charge in [0.15, 0.2) is 0 Å². The molecule has 0 unspecified atom stereocenters. The SMILES string of the molecule is CCCCN(CCN)C(=O)c1cc(C)ccc1OC. The fraction of sp³-hybridized carbons (Fsp3) is 0.533. The quantitative estimate of drug-likeness (QED) is 0.821. The maximum absolute atomic E-state index is 12.6. The van der Waals surface area contributed by atoms with Crippen LogP contribution in [-0.2, 0) is 0 Å². The Morgan fingerprint density at radius 3 is 2.68 bits per heavy atom. The lowest BCUT2D eigenvalue weighted by molar-refractivity contribution is 0.0754. The normalized spacial score (nSPS) is 10.3. The molecule has 4 heteroatoms. The molecular weight excluding hydrogens is 240 g/mol. The van der Waals surface area contributed by atoms with Gasteiger partial charge in [-0.15, -0.1) is 0 Å². The van der Waals surface area contributed by atoms with Crippen LogP contribution in [-0.4, -0.2) is 37.6 Å². The molecule has 0 heterocycles. The van der Waals surface area contributed by atoms with Crippen molar-refractivity contribution in [1.82, 2.24) is 4.90 Å². The third-order valence-electron chi connectivity index (χ3n) is 3.05. The van der Waals surface area contributed by atoms with Crippen LogP contribution in [0.25, 0.3) is 0 Å². The molecule has 0 saturated heterocycles. The van der Waals surface area contributed by atoms with Gasteiger partial charge in [-0.2, -0.15) is 0 Å². The third kappa shape index (κ3) is 4.24. The lowest BCUT2D eigenvalue weighted by Gasteiger charge is -2.23. The van der Waals surface area contributed by atoms with Crippen LogP contribution in [0.2, 0.25) is 0 Å². The van der Waals surface area contributed by atoms with Crippen molar-refractivity contribution >= 4 is 5.91 Å². The fourth-order valence-electron chi connectivity index (χ4n) is 1.98. The summed E-state index contributed by atoms with van der Waals surface area (Å²) in [5.74, 6) is 0.619. The minimum Gasteiger partial charge on any atom is -0.496 e. The zero-order chi connectivity index (χ0) is 14.3. The summed E-state index contributed by atoms with van der Waals surface area (Å²) < 4.78 is 5.28. The summed E-state index contributed by atoms with van der Waals surface area (Å²) in [5, 5.41) is 0. The topological polar surface area (TPSA) is 55.6 Å². The van der Waals surface area contributed by atoms with Crippen molar-refractivity contribution < 1.29 is 9.53 Å². The van der Waals surface area contributed by atoms with E-state index < -0.39 is 0 Å². The fourth-order valence-corrected chi connectivity index (χ4v) is 1.98. The average Bonchev–Trinajstić information content (AvgIpc) is 2.42. The molecule has 1 amide bonds. The molecule has 0 radical (unpaired) electrons. The van der Waals surface area contributed by atoms with Crippen LogP contribution in [0.5, 0.6) is 5.75 Å². The predicted octanol–water partition coefficient (Wildman–Crippen LogP) is 2.20. The van der Waals surface area contributed by atoms with Crippen molar-refractivity contribution in [3.8, 4) is 5.75 Å². The summed E-state index contributed by atoms with van der Waals surface area (Å²) in [6, 6.07) is 5.65. The first-order chi connectivity index (χ1) is 9.13. The van der Waals surface area contributed by atoms with E-state index in [9.17, 15) is 4.79 Å². The van der Waals surface area contributed by atoms with E-state index in [0.717, 1.165) is 24.9 Å². The molecule has 4 nitrogen and oxygen atoms in total. The first kappa shape index (κ1) is 15.5. The molecule has 0 aliphatic heterocycles. The predicted molar refractivity (Wildman–Crippen MR) is 77.6 cm³/mol. The van der Waals surface area contributed by atoms with E-state index >= 15 is 0 Å². The minimum atomic E-state index is -0.000509. The van der Waals surface area contributed by atoms with Crippen molar-refractivity contribution in [3.05, 3.63) is 29.3 Å². The van der Waals surface area contributed by atoms with E-state index in [-0.39, 0.29) is 5.91 Å². The van der Waals surface area contributed by atoms with Gasteiger partial charge in [0.2, 0.25) is 0 Å². The second-order valence-electron chi connectivity index (χ2n) is 4.64. The number of hydrogen-bond acceptors (Lipinski definition) is 3. The Labute approximate surface area is 115 Å². The molecule has 0 saturated carbocycles. The standard InChI is InChI=1S/C15H24N2O2/c1-4-5-9-17(10-8-16)15(18)13-11-12(2)6-7-14(13)19-3/h6-7,11H,4-5,8-10,16H2,1-3H3. The molecule has 0 aliphatic rings. The van der Waals surface area contributed by atoms with Crippen LogP contribution >= 0.6 is 0 Å². The highest BCUT2D eigenvalue weighted by atomic mass is 16.5. The number of ether oxygens (including phenoxy) is 1. The first-order valence-electron chi connectivity index (χ1n) is 6.78. The van der Waals surface area contributed by atoms with Crippen LogP contribution in [0.15, 0.2) is 18.2 Å². The van der Waals surface area contributed by atoms with Crippen molar-refractivity contribution in [2.75, 3.05) is 26.7 Å². The average molecular weight is 264 g/mol. The van der Waals surface area contributed by atoms with E-state index in [0.29, 0.717) is 24.4 Å². The molecule has 19 heavy (non-hydrogen) atoms. The zero-order valence-electron chi connectivity index (χ0n) is 12.1. The Kier molecular flexibility index (Phi) is 6.36. The van der Waals surface area contributed by atoms with Crippen LogP contribution in [0.4, 0.5) is 0 Å². The number of benzene rings is 1. The molecule has 0 atom stereocenters. The van der Waals surface area contributed by atoms with Gasteiger partial charge in [0.25, 0.3) is 5.91 Å². The molecule has 106 valence electrons. The van der Waals surface area contributed by atoms with E-state index in [1.54, 1.807) is 12.0 Å². The van der Waals surface area contributed by atoms with Crippen molar-refractivity contribution in [2.24, 2.45) is 5.73 Å². The highest BCUT2D eigenvalue weighted by Gasteiger charge is 2.18. The Bertz CT molecular complexity index is 419. The van der Waals surface area contributed by atoms with Gasteiger partial charge in [0, 0.05) is 19.6 Å². The van der Waals surface area contributed by atoms with Crippen molar-refractivity contribution in [2.45, 2.75) is 26.7 Å². The van der Waals surface area contributed by atoms with E-state index in [2.05, 4.69) is 6.92 Å². The van der Waals surface area contributed by atoms with E-state index in [1.165, 1.54) is 0 Å². The molecule has 1 aromatic rings. The van der Waals surface area contributed by atoms with Crippen LogP contribution in [0.3, 0.4) is 0 Å². The molecule has 1 aromatic carbocycles. The number of aryl methyl sites for hydroxylation is 1. The van der Waals surface area contributed by atoms with Crippen molar-refractivity contribution in [1.29, 1.82) is 0 Å². The lowest BCUT2D eigenvalue weighted by atomic mass is 10.1. The Morgan fingerprint density at radius 2 is 2.11 bits per heavy atom. The minimum absolute atomic E-state index is 0.000509. The van der Waals surface area contributed by atoms with Crippen LogP contribution < -0.4 is 10.5 Å². The maximum Gasteiger partial charge on any atom is 0.257 e. The molecular formula is C15H24N2O2. The number of rotatable bonds is 7. The monoisotopic (exact) mass is 264 g/mol. The second-order valence-corrected chi connectivity index (χ2v) is 4.64. The van der Waals surface area contributed by atoms with Gasteiger partial charge in [0.05, 0.1) is 12.7 Å². The number of carbonyl (C=O) groups excluding carboxylic acids is 1. The highest BCUT2D eigenvalue weighted by Crippen LogP contribution is 2.21. The zero-order valence-corrected chi connectivity index (χ0v) is 12.1. The Morgan fingerprint density at radius 1 is 1.37 bits per heavy atom.